The van der Waals surface area contributed by atoms with Gasteiger partial charge < -0.3 is 8.98 Å². The predicted octanol–water partition coefficient (Wildman–Crippen LogP) is 11.4. The van der Waals surface area contributed by atoms with Crippen LogP contribution in [0, 0.1) is 11.3 Å². The van der Waals surface area contributed by atoms with Crippen molar-refractivity contribution in [3.63, 3.8) is 0 Å². The van der Waals surface area contributed by atoms with Gasteiger partial charge in [0.25, 0.3) is 0 Å². The molecule has 0 saturated carbocycles. The molecule has 0 aliphatic carbocycles. The average molecular weight is 666 g/mol. The first-order chi connectivity index (χ1) is 25.7. The monoisotopic (exact) mass is 665 g/mol. The number of hydrogen-bond donors (Lipinski definition) is 0. The molecule has 10 aromatic rings. The van der Waals surface area contributed by atoms with E-state index in [1.54, 1.807) is 0 Å². The minimum absolute atomic E-state index is 0.556. The molecule has 0 aliphatic rings. The molecule has 0 amide bonds. The van der Waals surface area contributed by atoms with Gasteiger partial charge in [-0.2, -0.15) is 5.26 Å². The third kappa shape index (κ3) is 4.84. The topological polar surface area (TPSA) is 80.5 Å². The van der Waals surface area contributed by atoms with Gasteiger partial charge in [0.05, 0.1) is 22.7 Å². The van der Waals surface area contributed by atoms with Crippen molar-refractivity contribution < 1.29 is 4.42 Å². The number of nitrogens with zero attached hydrogens (tertiary/aromatic N) is 5. The molecule has 242 valence electrons. The van der Waals surface area contributed by atoms with Crippen LogP contribution in [0.2, 0.25) is 0 Å². The highest BCUT2D eigenvalue weighted by Gasteiger charge is 2.18. The molecule has 0 fully saturated rings. The largest absolute Gasteiger partial charge is 0.456 e. The van der Waals surface area contributed by atoms with Crippen molar-refractivity contribution in [1.29, 1.82) is 5.26 Å². The van der Waals surface area contributed by atoms with Crippen molar-refractivity contribution >= 4 is 43.7 Å². The highest BCUT2D eigenvalue weighted by atomic mass is 16.3. The lowest BCUT2D eigenvalue weighted by atomic mass is 9.98. The Kier molecular flexibility index (Phi) is 6.76. The Morgan fingerprint density at radius 1 is 0.462 bits per heavy atom. The van der Waals surface area contributed by atoms with Gasteiger partial charge >= 0.3 is 0 Å². The Balaban J connectivity index is 1.13. The molecular weight excluding hydrogens is 639 g/mol. The molecule has 0 atom stereocenters. The van der Waals surface area contributed by atoms with Crippen LogP contribution >= 0.6 is 0 Å². The van der Waals surface area contributed by atoms with Gasteiger partial charge in [-0.25, -0.2) is 15.0 Å². The fourth-order valence-electron chi connectivity index (χ4n) is 7.26. The van der Waals surface area contributed by atoms with Crippen molar-refractivity contribution in [1.82, 2.24) is 19.5 Å². The van der Waals surface area contributed by atoms with Crippen LogP contribution in [0.15, 0.2) is 168 Å². The van der Waals surface area contributed by atoms with Crippen molar-refractivity contribution in [3.05, 3.63) is 169 Å². The molecule has 0 N–H and O–H groups in total. The first-order valence-corrected chi connectivity index (χ1v) is 17.1. The van der Waals surface area contributed by atoms with E-state index in [0.717, 1.165) is 66.5 Å². The molecule has 0 saturated heterocycles. The zero-order valence-electron chi connectivity index (χ0n) is 27.7. The molecule has 52 heavy (non-hydrogen) atoms. The van der Waals surface area contributed by atoms with Crippen molar-refractivity contribution in [2.24, 2.45) is 0 Å². The maximum atomic E-state index is 9.30. The maximum Gasteiger partial charge on any atom is 0.164 e. The first kappa shape index (κ1) is 29.5. The van der Waals surface area contributed by atoms with Gasteiger partial charge in [-0.3, -0.25) is 0 Å². The first-order valence-electron chi connectivity index (χ1n) is 17.1. The number of hydrogen-bond acceptors (Lipinski definition) is 5. The molecular formula is C46H27N5O. The van der Waals surface area contributed by atoms with Crippen LogP contribution in [0.5, 0.6) is 0 Å². The lowest BCUT2D eigenvalue weighted by molar-refractivity contribution is 0.669. The second-order valence-electron chi connectivity index (χ2n) is 12.8. The van der Waals surface area contributed by atoms with Crippen LogP contribution in [-0.4, -0.2) is 19.5 Å². The van der Waals surface area contributed by atoms with Crippen LogP contribution in [0.4, 0.5) is 0 Å². The maximum absolute atomic E-state index is 9.30. The van der Waals surface area contributed by atoms with E-state index in [9.17, 15) is 5.26 Å². The Morgan fingerprint density at radius 2 is 1.06 bits per heavy atom. The summed E-state index contributed by atoms with van der Waals surface area (Å²) in [5.41, 5.74) is 10.2. The van der Waals surface area contributed by atoms with Crippen LogP contribution in [-0.2, 0) is 0 Å². The quantitative estimate of drug-likeness (QED) is 0.183. The second kappa shape index (κ2) is 11.9. The van der Waals surface area contributed by atoms with E-state index < -0.39 is 0 Å². The zero-order valence-corrected chi connectivity index (χ0v) is 27.7. The third-order valence-electron chi connectivity index (χ3n) is 9.69. The predicted molar refractivity (Wildman–Crippen MR) is 208 cm³/mol. The molecule has 3 heterocycles. The molecule has 0 aliphatic heterocycles. The summed E-state index contributed by atoms with van der Waals surface area (Å²) in [5, 5.41) is 13.7. The van der Waals surface area contributed by atoms with Gasteiger partial charge in [-0.05, 0) is 65.7 Å². The Morgan fingerprint density at radius 3 is 1.77 bits per heavy atom. The summed E-state index contributed by atoms with van der Waals surface area (Å²) in [5.74, 6) is 1.73. The minimum Gasteiger partial charge on any atom is -0.456 e. The van der Waals surface area contributed by atoms with E-state index in [4.69, 9.17) is 19.4 Å². The molecule has 7 aromatic carbocycles. The van der Waals surface area contributed by atoms with E-state index in [2.05, 4.69) is 102 Å². The summed E-state index contributed by atoms with van der Waals surface area (Å²) in [6.07, 6.45) is 0. The molecule has 6 nitrogen and oxygen atoms in total. The Hall–Kier alpha value is -7.36. The van der Waals surface area contributed by atoms with E-state index in [1.165, 1.54) is 10.8 Å². The van der Waals surface area contributed by atoms with Gasteiger partial charge in [-0.15, -0.1) is 0 Å². The van der Waals surface area contributed by atoms with Crippen LogP contribution in [0.3, 0.4) is 0 Å². The smallest absolute Gasteiger partial charge is 0.164 e. The average Bonchev–Trinajstić information content (AvgIpc) is 3.77. The molecule has 0 spiro atoms. The summed E-state index contributed by atoms with van der Waals surface area (Å²) in [4.78, 5) is 15.1. The number of aromatic nitrogens is 4. The van der Waals surface area contributed by atoms with Crippen molar-refractivity contribution in [2.45, 2.75) is 0 Å². The molecule has 0 bridgehead atoms. The van der Waals surface area contributed by atoms with E-state index in [1.807, 2.05) is 72.8 Å². The lowest BCUT2D eigenvalue weighted by Gasteiger charge is -2.11. The standard InChI is InChI=1S/C46H27N5O/c47-28-29-20-22-30(23-21-29)35-16-9-19-41-43(35)38-25-24-33(27-42(38)52-41)46-49-44(31-10-2-1-3-11-31)48-45(50-46)32-12-8-13-34(26-32)51-39-17-6-4-14-36(39)37-15-5-7-18-40(37)51/h1-27H. The van der Waals surface area contributed by atoms with E-state index in [0.29, 0.717) is 23.0 Å². The fourth-order valence-corrected chi connectivity index (χ4v) is 7.26. The minimum atomic E-state index is 0.556. The van der Waals surface area contributed by atoms with Gasteiger partial charge in [0, 0.05) is 43.9 Å². The van der Waals surface area contributed by atoms with Crippen LogP contribution in [0.1, 0.15) is 5.56 Å². The fraction of sp³-hybridized carbons (Fsp3) is 0. The SMILES string of the molecule is N#Cc1ccc(-c2cccc3oc4cc(-c5nc(-c6ccccc6)nc(-c6cccc(-n7c8ccccc8c8ccccc87)c6)n5)ccc4c23)cc1. The Labute approximate surface area is 298 Å². The molecule has 10 rings (SSSR count). The third-order valence-corrected chi connectivity index (χ3v) is 9.69. The zero-order chi connectivity index (χ0) is 34.6. The summed E-state index contributed by atoms with van der Waals surface area (Å²) in [7, 11) is 0. The van der Waals surface area contributed by atoms with E-state index in [-0.39, 0.29) is 0 Å². The molecule has 3 aromatic heterocycles. The van der Waals surface area contributed by atoms with Gasteiger partial charge in [-0.1, -0.05) is 109 Å². The number of rotatable bonds is 5. The van der Waals surface area contributed by atoms with Gasteiger partial charge in [0.1, 0.15) is 11.2 Å². The lowest BCUT2D eigenvalue weighted by Crippen LogP contribution is -2.01. The second-order valence-corrected chi connectivity index (χ2v) is 12.8. The molecule has 6 heteroatoms. The number of nitriles is 1. The number of fused-ring (bicyclic) bond motifs is 6. The summed E-state index contributed by atoms with van der Waals surface area (Å²) in [6.45, 7) is 0. The summed E-state index contributed by atoms with van der Waals surface area (Å²) < 4.78 is 8.75. The van der Waals surface area contributed by atoms with Crippen molar-refractivity contribution in [2.75, 3.05) is 0 Å². The Bertz CT molecular complexity index is 2970. The van der Waals surface area contributed by atoms with E-state index >= 15 is 0 Å². The summed E-state index contributed by atoms with van der Waals surface area (Å²) >= 11 is 0. The molecule has 0 unspecified atom stereocenters. The van der Waals surface area contributed by atoms with Gasteiger partial charge in [0.15, 0.2) is 17.5 Å². The summed E-state index contributed by atoms with van der Waals surface area (Å²) in [6, 6.07) is 57.5. The highest BCUT2D eigenvalue weighted by Crippen LogP contribution is 2.39. The van der Waals surface area contributed by atoms with Crippen LogP contribution in [0.25, 0.3) is 94.7 Å². The number of para-hydroxylation sites is 2. The highest BCUT2D eigenvalue weighted by molar-refractivity contribution is 6.13. The normalized spacial score (nSPS) is 11.4. The molecule has 0 radical (unpaired) electrons. The van der Waals surface area contributed by atoms with Crippen LogP contribution < -0.4 is 0 Å². The number of furan rings is 1. The number of benzene rings is 7. The van der Waals surface area contributed by atoms with Gasteiger partial charge in [0.2, 0.25) is 0 Å². The van der Waals surface area contributed by atoms with Crippen molar-refractivity contribution in [3.8, 4) is 57.0 Å².